The van der Waals surface area contributed by atoms with Crippen LogP contribution >= 0.6 is 11.3 Å². The fourth-order valence-electron chi connectivity index (χ4n) is 2.40. The summed E-state index contributed by atoms with van der Waals surface area (Å²) in [7, 11) is 0. The molecule has 0 saturated carbocycles. The normalized spacial score (nSPS) is 22.2. The quantitative estimate of drug-likeness (QED) is 0.882. The molecule has 0 bridgehead atoms. The predicted octanol–water partition coefficient (Wildman–Crippen LogP) is 1.59. The highest BCUT2D eigenvalue weighted by atomic mass is 32.1. The number of hydrogen-bond donors (Lipinski definition) is 2. The minimum absolute atomic E-state index is 0.130. The van der Waals surface area contributed by atoms with Gasteiger partial charge >= 0.3 is 0 Å². The summed E-state index contributed by atoms with van der Waals surface area (Å²) in [5, 5.41) is 21.0. The number of nitrogens with zero attached hydrogens (tertiary/aromatic N) is 1. The Morgan fingerprint density at radius 2 is 1.75 bits per heavy atom. The van der Waals surface area contributed by atoms with Gasteiger partial charge in [0.25, 0.3) is 5.91 Å². The monoisotopic (exact) mass is 289 g/mol. The van der Waals surface area contributed by atoms with Crippen molar-refractivity contribution in [2.45, 2.75) is 12.2 Å². The molecule has 1 aromatic carbocycles. The number of thiophene rings is 1. The van der Waals surface area contributed by atoms with E-state index in [0.717, 1.165) is 11.1 Å². The number of hydrogen-bond acceptors (Lipinski definition) is 4. The molecular formula is C15H15NO3S. The van der Waals surface area contributed by atoms with Gasteiger partial charge in [0.1, 0.15) is 0 Å². The smallest absolute Gasteiger partial charge is 0.264 e. The first-order valence-corrected chi connectivity index (χ1v) is 7.33. The van der Waals surface area contributed by atoms with Crippen LogP contribution in [0.2, 0.25) is 0 Å². The molecule has 0 spiro atoms. The Hall–Kier alpha value is -1.69. The molecule has 3 rings (SSSR count). The Morgan fingerprint density at radius 3 is 2.40 bits per heavy atom. The van der Waals surface area contributed by atoms with Crippen molar-refractivity contribution in [2.24, 2.45) is 0 Å². The van der Waals surface area contributed by atoms with Crippen LogP contribution in [0.15, 0.2) is 41.8 Å². The zero-order chi connectivity index (χ0) is 14.1. The minimum atomic E-state index is -0.848. The third kappa shape index (κ3) is 2.35. The maximum absolute atomic E-state index is 12.5. The number of aliphatic hydroxyl groups is 2. The molecule has 104 valence electrons. The van der Waals surface area contributed by atoms with Crippen LogP contribution in [0.5, 0.6) is 0 Å². The van der Waals surface area contributed by atoms with Crippen LogP contribution in [0.4, 0.5) is 0 Å². The van der Waals surface area contributed by atoms with Crippen LogP contribution in [0.25, 0.3) is 11.1 Å². The number of β-amino-alcohol motifs (C(OH)–C–C–N with tert-alkyl or cyclic N) is 2. The number of carbonyl (C=O) groups is 1. The molecule has 0 aliphatic carbocycles. The predicted molar refractivity (Wildman–Crippen MR) is 77.7 cm³/mol. The fraction of sp³-hybridized carbons (Fsp3) is 0.267. The summed E-state index contributed by atoms with van der Waals surface area (Å²) in [6.07, 6.45) is -1.70. The molecule has 1 amide bonds. The van der Waals surface area contributed by atoms with Gasteiger partial charge in [0.05, 0.1) is 17.1 Å². The van der Waals surface area contributed by atoms with Crippen molar-refractivity contribution in [3.63, 3.8) is 0 Å². The molecule has 2 N–H and O–H groups in total. The van der Waals surface area contributed by atoms with Gasteiger partial charge in [-0.2, -0.15) is 0 Å². The van der Waals surface area contributed by atoms with Gasteiger partial charge in [0.15, 0.2) is 0 Å². The molecule has 1 fully saturated rings. The van der Waals surface area contributed by atoms with E-state index in [1.807, 2.05) is 41.8 Å². The van der Waals surface area contributed by atoms with Crippen molar-refractivity contribution in [2.75, 3.05) is 13.1 Å². The first-order chi connectivity index (χ1) is 9.66. The van der Waals surface area contributed by atoms with Gasteiger partial charge in [0, 0.05) is 18.7 Å². The molecule has 1 aliphatic rings. The van der Waals surface area contributed by atoms with Crippen LogP contribution in [-0.2, 0) is 0 Å². The molecule has 1 saturated heterocycles. The zero-order valence-electron chi connectivity index (χ0n) is 10.8. The van der Waals surface area contributed by atoms with E-state index in [9.17, 15) is 15.0 Å². The van der Waals surface area contributed by atoms with Gasteiger partial charge in [-0.05, 0) is 17.0 Å². The van der Waals surface area contributed by atoms with Crippen LogP contribution in [0, 0.1) is 0 Å². The lowest BCUT2D eigenvalue weighted by molar-refractivity contribution is 0.0572. The first-order valence-electron chi connectivity index (χ1n) is 6.45. The van der Waals surface area contributed by atoms with Gasteiger partial charge in [-0.25, -0.2) is 0 Å². The van der Waals surface area contributed by atoms with Crippen LogP contribution < -0.4 is 0 Å². The van der Waals surface area contributed by atoms with Gasteiger partial charge in [-0.3, -0.25) is 4.79 Å². The Bertz CT molecular complexity index is 601. The van der Waals surface area contributed by atoms with Crippen LogP contribution in [0.3, 0.4) is 0 Å². The van der Waals surface area contributed by atoms with Crippen LogP contribution in [0.1, 0.15) is 9.67 Å². The summed E-state index contributed by atoms with van der Waals surface area (Å²) in [5.74, 6) is -0.130. The second-order valence-corrected chi connectivity index (χ2v) is 5.79. The number of likely N-dealkylation sites (tertiary alicyclic amines) is 1. The average molecular weight is 289 g/mol. The minimum Gasteiger partial charge on any atom is -0.388 e. The first kappa shape index (κ1) is 13.3. The van der Waals surface area contributed by atoms with Gasteiger partial charge < -0.3 is 15.1 Å². The Balaban J connectivity index is 1.89. The van der Waals surface area contributed by atoms with Crippen molar-refractivity contribution in [1.82, 2.24) is 4.90 Å². The van der Waals surface area contributed by atoms with E-state index in [1.165, 1.54) is 16.2 Å². The van der Waals surface area contributed by atoms with Crippen molar-refractivity contribution < 1.29 is 15.0 Å². The maximum Gasteiger partial charge on any atom is 0.264 e. The van der Waals surface area contributed by atoms with Crippen molar-refractivity contribution in [3.05, 3.63) is 46.7 Å². The number of carbonyl (C=O) groups excluding carboxylic acids is 1. The lowest BCUT2D eigenvalue weighted by atomic mass is 10.1. The van der Waals surface area contributed by atoms with E-state index in [-0.39, 0.29) is 19.0 Å². The molecule has 2 atom stereocenters. The van der Waals surface area contributed by atoms with Crippen molar-refractivity contribution >= 4 is 17.2 Å². The molecule has 1 aliphatic heterocycles. The highest BCUT2D eigenvalue weighted by molar-refractivity contribution is 7.12. The number of benzene rings is 1. The SMILES string of the molecule is O=C(c1sccc1-c1ccccc1)N1C[C@@H](O)[C@@H](O)C1. The third-order valence-electron chi connectivity index (χ3n) is 3.49. The summed E-state index contributed by atoms with van der Waals surface area (Å²) >= 11 is 1.39. The van der Waals surface area contributed by atoms with E-state index >= 15 is 0 Å². The molecule has 20 heavy (non-hydrogen) atoms. The van der Waals surface area contributed by atoms with E-state index < -0.39 is 12.2 Å². The highest BCUT2D eigenvalue weighted by Gasteiger charge is 2.34. The van der Waals surface area contributed by atoms with Gasteiger partial charge in [-0.1, -0.05) is 30.3 Å². The lowest BCUT2D eigenvalue weighted by Gasteiger charge is -2.15. The topological polar surface area (TPSA) is 60.8 Å². The average Bonchev–Trinajstić information content (AvgIpc) is 3.07. The van der Waals surface area contributed by atoms with Crippen molar-refractivity contribution in [3.8, 4) is 11.1 Å². The molecule has 2 aromatic rings. The maximum atomic E-state index is 12.5. The number of amides is 1. The van der Waals surface area contributed by atoms with Crippen molar-refractivity contribution in [1.29, 1.82) is 0 Å². The summed E-state index contributed by atoms with van der Waals surface area (Å²) in [6, 6.07) is 11.7. The molecule has 1 aromatic heterocycles. The van der Waals surface area contributed by atoms with Gasteiger partial charge in [-0.15, -0.1) is 11.3 Å². The third-order valence-corrected chi connectivity index (χ3v) is 4.39. The standard InChI is InChI=1S/C15H15NO3S/c17-12-8-16(9-13(12)18)15(19)14-11(6-7-20-14)10-4-2-1-3-5-10/h1-7,12-13,17-18H,8-9H2/t12-,13+. The molecule has 4 nitrogen and oxygen atoms in total. The Kier molecular flexibility index (Phi) is 3.56. The molecule has 0 unspecified atom stereocenters. The largest absolute Gasteiger partial charge is 0.388 e. The Labute approximate surface area is 120 Å². The van der Waals surface area contributed by atoms with Gasteiger partial charge in [0.2, 0.25) is 0 Å². The summed E-state index contributed by atoms with van der Waals surface area (Å²) in [6.45, 7) is 0.373. The van der Waals surface area contributed by atoms with E-state index in [4.69, 9.17) is 0 Å². The Morgan fingerprint density at radius 1 is 1.10 bits per heavy atom. The molecule has 5 heteroatoms. The second kappa shape index (κ2) is 5.36. The fourth-order valence-corrected chi connectivity index (χ4v) is 3.28. The summed E-state index contributed by atoms with van der Waals surface area (Å²) in [4.78, 5) is 14.7. The van der Waals surface area contributed by atoms with E-state index in [0.29, 0.717) is 4.88 Å². The molecule has 0 radical (unpaired) electrons. The molecular weight excluding hydrogens is 274 g/mol. The molecule has 2 heterocycles. The summed E-state index contributed by atoms with van der Waals surface area (Å²) < 4.78 is 0. The second-order valence-electron chi connectivity index (χ2n) is 4.87. The summed E-state index contributed by atoms with van der Waals surface area (Å²) in [5.41, 5.74) is 1.90. The van der Waals surface area contributed by atoms with E-state index in [2.05, 4.69) is 0 Å². The zero-order valence-corrected chi connectivity index (χ0v) is 11.6. The van der Waals surface area contributed by atoms with E-state index in [1.54, 1.807) is 0 Å². The highest BCUT2D eigenvalue weighted by Crippen LogP contribution is 2.30. The number of aliphatic hydroxyl groups excluding tert-OH is 2. The lowest BCUT2D eigenvalue weighted by Crippen LogP contribution is -2.29. The number of rotatable bonds is 2. The van der Waals surface area contributed by atoms with Crippen LogP contribution in [-0.4, -0.2) is 46.3 Å².